The molecule has 0 aromatic heterocycles. The third kappa shape index (κ3) is 30.2. The van der Waals surface area contributed by atoms with E-state index in [2.05, 4.69) is 70.8 Å². The first kappa shape index (κ1) is 80.9. The lowest BCUT2D eigenvalue weighted by atomic mass is 9.95. The maximum absolute atomic E-state index is 14.4. The molecule has 0 unspecified atom stereocenters. The van der Waals surface area contributed by atoms with Crippen molar-refractivity contribution in [2.45, 2.75) is 227 Å². The molecule has 0 aliphatic heterocycles. The molecule has 19 N–H and O–H groups in total. The number of aliphatic imine (C=N–C) groups is 1. The zero-order valence-electron chi connectivity index (χ0n) is 55.2. The number of unbranched alkanes of at least 4 members (excludes halogenated alkanes) is 1. The molecule has 10 amide bonds. The number of carboxylic acid groups (broad SMARTS) is 1. The largest absolute Gasteiger partial charge is 0.480 e. The van der Waals surface area contributed by atoms with Crippen molar-refractivity contribution in [3.63, 3.8) is 0 Å². The van der Waals surface area contributed by atoms with E-state index in [0.717, 1.165) is 0 Å². The van der Waals surface area contributed by atoms with Crippen molar-refractivity contribution >= 4 is 83.6 Å². The van der Waals surface area contributed by atoms with Gasteiger partial charge in [-0.05, 0) is 106 Å². The summed E-state index contributed by atoms with van der Waals surface area (Å²) >= 11 is 4.31. The Morgan fingerprint density at radius 3 is 1.37 bits per heavy atom. The highest BCUT2D eigenvalue weighted by Crippen LogP contribution is 2.16. The van der Waals surface area contributed by atoms with Crippen LogP contribution in [0.25, 0.3) is 0 Å². The summed E-state index contributed by atoms with van der Waals surface area (Å²) in [5.41, 5.74) is 23.5. The fourth-order valence-electron chi connectivity index (χ4n) is 9.51. The van der Waals surface area contributed by atoms with E-state index in [-0.39, 0.29) is 74.5 Å². The molecular weight excluding hydrogens is 1180 g/mol. The maximum Gasteiger partial charge on any atom is 0.326 e. The molecule has 0 saturated carbocycles. The maximum atomic E-state index is 14.4. The van der Waals surface area contributed by atoms with Crippen molar-refractivity contribution in [3.8, 4) is 0 Å². The van der Waals surface area contributed by atoms with E-state index in [1.807, 2.05) is 41.5 Å². The van der Waals surface area contributed by atoms with Gasteiger partial charge in [0.15, 0.2) is 5.96 Å². The summed E-state index contributed by atoms with van der Waals surface area (Å²) in [5.74, 6) is -10.6. The second kappa shape index (κ2) is 42.1. The summed E-state index contributed by atoms with van der Waals surface area (Å²) < 4.78 is 0. The van der Waals surface area contributed by atoms with E-state index >= 15 is 0 Å². The molecule has 1 aromatic carbocycles. The Morgan fingerprint density at radius 2 is 0.889 bits per heavy atom. The third-order valence-electron chi connectivity index (χ3n) is 15.2. The molecule has 1 rings (SSSR count). The first-order valence-electron chi connectivity index (χ1n) is 31.6. The molecule has 0 radical (unpaired) electrons. The lowest BCUT2D eigenvalue weighted by molar-refractivity contribution is -0.142. The number of hydrogen-bond acceptors (Lipinski definition) is 15. The van der Waals surface area contributed by atoms with Crippen LogP contribution in [-0.2, 0) is 59.2 Å². The van der Waals surface area contributed by atoms with Gasteiger partial charge in [-0.3, -0.25) is 52.9 Å². The molecule has 1 aromatic rings. The molecule has 0 aliphatic rings. The van der Waals surface area contributed by atoms with Gasteiger partial charge in [0.05, 0.1) is 6.04 Å². The van der Waals surface area contributed by atoms with Gasteiger partial charge >= 0.3 is 5.97 Å². The molecule has 0 bridgehead atoms. The molecule has 0 heterocycles. The highest BCUT2D eigenvalue weighted by atomic mass is 32.1. The van der Waals surface area contributed by atoms with Crippen LogP contribution in [0.15, 0.2) is 35.3 Å². The Hall–Kier alpha value is -7.07. The van der Waals surface area contributed by atoms with E-state index < -0.39 is 149 Å². The minimum atomic E-state index is -1.34. The second-order valence-corrected chi connectivity index (χ2v) is 25.4. The molecule has 0 aliphatic carbocycles. The Morgan fingerprint density at radius 1 is 0.478 bits per heavy atom. The number of amides is 10. The molecule has 90 heavy (non-hydrogen) atoms. The zero-order valence-corrected chi connectivity index (χ0v) is 56.1. The number of rotatable bonds is 43. The molecule has 27 nitrogen and oxygen atoms in total. The van der Waals surface area contributed by atoms with Gasteiger partial charge in [0.25, 0.3) is 0 Å². The minimum absolute atomic E-state index is 0.0256. The topological polar surface area (TPSA) is 445 Å². The third-order valence-corrected chi connectivity index (χ3v) is 15.6. The molecule has 510 valence electrons. The van der Waals surface area contributed by atoms with E-state index in [4.69, 9.17) is 22.9 Å². The number of carbonyl (C=O) groups excluding carboxylic acids is 10. The number of thiol groups is 1. The predicted molar refractivity (Wildman–Crippen MR) is 350 cm³/mol. The van der Waals surface area contributed by atoms with Crippen LogP contribution in [0.4, 0.5) is 0 Å². The van der Waals surface area contributed by atoms with Gasteiger partial charge in [0, 0.05) is 18.7 Å². The van der Waals surface area contributed by atoms with Crippen LogP contribution in [-0.4, -0.2) is 161 Å². The number of hydrogen-bond donors (Lipinski definition) is 16. The monoisotopic (exact) mass is 1290 g/mol. The van der Waals surface area contributed by atoms with Gasteiger partial charge in [-0.1, -0.05) is 126 Å². The van der Waals surface area contributed by atoms with Crippen LogP contribution in [0, 0.1) is 35.5 Å². The summed E-state index contributed by atoms with van der Waals surface area (Å²) in [5, 5.41) is 36.9. The molecule has 28 heteroatoms. The zero-order chi connectivity index (χ0) is 68.5. The summed E-state index contributed by atoms with van der Waals surface area (Å²) in [4.78, 5) is 156. The number of carboxylic acids is 1. The fourth-order valence-corrected chi connectivity index (χ4v) is 9.77. The number of nitrogens with two attached hydrogens (primary N) is 4. The van der Waals surface area contributed by atoms with Crippen LogP contribution in [0.2, 0.25) is 0 Å². The smallest absolute Gasteiger partial charge is 0.326 e. The Labute approximate surface area is 537 Å². The Bertz CT molecular complexity index is 2500. The summed E-state index contributed by atoms with van der Waals surface area (Å²) in [6, 6.07) is -4.60. The van der Waals surface area contributed by atoms with E-state index in [9.17, 15) is 57.8 Å². The molecule has 0 fully saturated rings. The quantitative estimate of drug-likeness (QED) is 0.0183. The van der Waals surface area contributed by atoms with Crippen molar-refractivity contribution in [2.24, 2.45) is 63.4 Å². The average Bonchev–Trinajstić information content (AvgIpc) is 1.67. The van der Waals surface area contributed by atoms with Gasteiger partial charge in [-0.15, -0.1) is 0 Å². The van der Waals surface area contributed by atoms with Crippen molar-refractivity contribution in [1.82, 2.24) is 53.2 Å². The Kier molecular flexibility index (Phi) is 37.8. The highest BCUT2D eigenvalue weighted by molar-refractivity contribution is 7.80. The molecule has 0 spiro atoms. The normalized spacial score (nSPS) is 15.7. The SMILES string of the molecule is CC[C@H](C)[C@H](NC(=O)[C@H](C)NC(=O)[C@@H](NC(=O)[C@H](CS)NC(=O)[C@H](CC(C)C)NC(=O)[C@@H](N)CC(C)C)[C@@H](C)CC)C(=O)N[C@H](C(=O)N[C@@H](CC(C)C)C(=O)N[C@@H](CCCN=C(N)N)C(=O)N[C@@H](Cc1ccccc1)C(=O)N[C@@H](CCCCN)C(=O)O)C(C)C. The van der Waals surface area contributed by atoms with Crippen LogP contribution in [0.3, 0.4) is 0 Å². The average molecular weight is 1290 g/mol. The minimum Gasteiger partial charge on any atom is -0.480 e. The van der Waals surface area contributed by atoms with Crippen molar-refractivity contribution in [3.05, 3.63) is 35.9 Å². The number of benzene rings is 1. The highest BCUT2D eigenvalue weighted by Gasteiger charge is 2.38. The van der Waals surface area contributed by atoms with Crippen LogP contribution < -0.4 is 76.1 Å². The van der Waals surface area contributed by atoms with Crippen LogP contribution in [0.5, 0.6) is 0 Å². The van der Waals surface area contributed by atoms with E-state index in [1.165, 1.54) is 6.92 Å². The van der Waals surface area contributed by atoms with E-state index in [0.29, 0.717) is 44.2 Å². The van der Waals surface area contributed by atoms with Gasteiger partial charge in [0.2, 0.25) is 59.1 Å². The van der Waals surface area contributed by atoms with Crippen LogP contribution >= 0.6 is 12.6 Å². The number of carbonyl (C=O) groups is 11. The predicted octanol–water partition coefficient (Wildman–Crippen LogP) is 0.508. The van der Waals surface area contributed by atoms with Crippen molar-refractivity contribution in [2.75, 3.05) is 18.8 Å². The van der Waals surface area contributed by atoms with Gasteiger partial charge in [-0.25, -0.2) is 4.79 Å². The lowest BCUT2D eigenvalue weighted by Crippen LogP contribution is -2.62. The summed E-state index contributed by atoms with van der Waals surface area (Å²) in [7, 11) is 0. The fraction of sp³-hybridized carbons (Fsp3) is 0.710. The van der Waals surface area contributed by atoms with Crippen LogP contribution in [0.1, 0.15) is 160 Å². The molecule has 0 saturated heterocycles. The standard InChI is InChI=1S/C62H109N15O12S/c1-14-37(11)49(77-57(84)47(32-90)74-55(82)44(29-34(5)6)71-52(79)41(64)28-33(3)4)59(86)68-39(13)51(78)76-50(38(12)15-2)60(87)75-48(36(9)10)58(85)73-45(30-35(7)8)54(81)69-42(25-21-27-67-62(65)66)53(80)72-46(31-40-22-17-16-18-23-40)56(83)70-43(61(88)89)24-19-20-26-63/h16-18,22-23,33-39,41-50,90H,14-15,19-21,24-32,63-64H2,1-13H3,(H,68,86)(H,69,81)(H,70,83)(H,71,79)(H,72,80)(H,73,85)(H,74,82)(H,75,87)(H,76,78)(H,77,84)(H,88,89)(H4,65,66,67)/t37-,38-,39-,41-,42-,43-,44-,45-,46-,47-,48-,49-,50-/m0/s1. The van der Waals surface area contributed by atoms with E-state index in [1.54, 1.807) is 71.9 Å². The molecule has 13 atom stereocenters. The summed E-state index contributed by atoms with van der Waals surface area (Å²) in [6.45, 7) is 23.3. The summed E-state index contributed by atoms with van der Waals surface area (Å²) in [6.07, 6.45) is 2.61. The van der Waals surface area contributed by atoms with Gasteiger partial charge in [0.1, 0.15) is 60.4 Å². The number of nitrogens with one attached hydrogen (secondary N) is 10. The van der Waals surface area contributed by atoms with Crippen molar-refractivity contribution in [1.29, 1.82) is 0 Å². The first-order valence-corrected chi connectivity index (χ1v) is 32.3. The van der Waals surface area contributed by atoms with Gasteiger partial charge < -0.3 is 81.2 Å². The lowest BCUT2D eigenvalue weighted by Gasteiger charge is -2.31. The first-order chi connectivity index (χ1) is 42.2. The number of aliphatic carboxylic acids is 1. The van der Waals surface area contributed by atoms with Crippen molar-refractivity contribution < 1.29 is 57.8 Å². The number of guanidine groups is 1. The Balaban J connectivity index is 3.45. The molecular formula is C62H109N15O12S. The van der Waals surface area contributed by atoms with Gasteiger partial charge in [-0.2, -0.15) is 12.6 Å². The second-order valence-electron chi connectivity index (χ2n) is 25.0. The number of nitrogens with zero attached hydrogens (tertiary/aromatic N) is 1.